The number of benzene rings is 3. The Bertz CT molecular complexity index is 1220. The van der Waals surface area contributed by atoms with Crippen LogP contribution in [0, 0.1) is 0 Å². The number of aromatic amines is 1. The fraction of sp³-hybridized carbons (Fsp3) is 0.0870. The number of amides is 1. The quantitative estimate of drug-likeness (QED) is 0.423. The molecule has 0 spiro atoms. The number of aryl methyl sites for hydroxylation is 1. The number of hydrazone groups is 1. The van der Waals surface area contributed by atoms with E-state index < -0.39 is 0 Å². The highest BCUT2D eigenvalue weighted by Crippen LogP contribution is 2.33. The van der Waals surface area contributed by atoms with Crippen molar-refractivity contribution in [3.63, 3.8) is 0 Å². The zero-order valence-corrected chi connectivity index (χ0v) is 15.1. The molecule has 0 bridgehead atoms. The fourth-order valence-corrected chi connectivity index (χ4v) is 3.83. The summed E-state index contributed by atoms with van der Waals surface area (Å²) >= 11 is 0. The summed E-state index contributed by atoms with van der Waals surface area (Å²) in [6.45, 7) is 0. The second kappa shape index (κ2) is 6.78. The molecule has 0 saturated heterocycles. The minimum Gasteiger partial charge on any atom is -0.272 e. The number of aromatic nitrogens is 2. The number of H-pyrrole nitrogens is 1. The molecule has 0 radical (unpaired) electrons. The maximum atomic E-state index is 12.6. The molecule has 2 N–H and O–H groups in total. The van der Waals surface area contributed by atoms with Crippen LogP contribution in [0.5, 0.6) is 0 Å². The largest absolute Gasteiger partial charge is 0.289 e. The minimum absolute atomic E-state index is 0.274. The first-order chi connectivity index (χ1) is 13.8. The van der Waals surface area contributed by atoms with Gasteiger partial charge in [0.05, 0.1) is 11.9 Å². The van der Waals surface area contributed by atoms with Crippen molar-refractivity contribution in [3.05, 3.63) is 89.1 Å². The highest BCUT2D eigenvalue weighted by atomic mass is 16.2. The van der Waals surface area contributed by atoms with Crippen LogP contribution in [-0.4, -0.2) is 22.3 Å². The number of carbonyl (C=O) groups excluding carboxylic acids is 1. The first kappa shape index (κ1) is 16.4. The molecule has 1 aliphatic carbocycles. The molecule has 3 aromatic carbocycles. The van der Waals surface area contributed by atoms with Crippen molar-refractivity contribution in [2.45, 2.75) is 12.8 Å². The summed E-state index contributed by atoms with van der Waals surface area (Å²) in [5.74, 6) is -0.274. The molecule has 5 nitrogen and oxygen atoms in total. The lowest BCUT2D eigenvalue weighted by atomic mass is 9.89. The highest BCUT2D eigenvalue weighted by molar-refractivity contribution is 6.01. The second-order valence-electron chi connectivity index (χ2n) is 6.85. The number of fused-ring (bicyclic) bond motifs is 4. The van der Waals surface area contributed by atoms with Crippen LogP contribution < -0.4 is 5.43 Å². The van der Waals surface area contributed by atoms with Crippen LogP contribution in [0.15, 0.2) is 71.8 Å². The standard InChI is InChI=1S/C23H18N4O/c28-23(27-24-14-17-9-5-8-15-6-1-3-10-18(15)17)22-20-13-12-16-7-2-4-11-19(16)21(20)25-26-22/h1-11,14H,12-13H2,(H,25,26)(H,27,28)/b24-14+. The third-order valence-electron chi connectivity index (χ3n) is 5.20. The molecule has 1 heterocycles. The molecule has 0 aliphatic heterocycles. The van der Waals surface area contributed by atoms with E-state index in [-0.39, 0.29) is 5.91 Å². The van der Waals surface area contributed by atoms with E-state index in [1.165, 1.54) is 5.56 Å². The lowest BCUT2D eigenvalue weighted by Gasteiger charge is -2.15. The lowest BCUT2D eigenvalue weighted by molar-refractivity contribution is 0.0949. The molecule has 1 aromatic heterocycles. The molecule has 5 heteroatoms. The molecular formula is C23H18N4O. The molecule has 0 saturated carbocycles. The van der Waals surface area contributed by atoms with Gasteiger partial charge in [0.1, 0.15) is 5.69 Å². The molecule has 1 aliphatic rings. The Morgan fingerprint density at radius 1 is 1.00 bits per heavy atom. The van der Waals surface area contributed by atoms with Crippen molar-refractivity contribution in [2.24, 2.45) is 5.10 Å². The summed E-state index contributed by atoms with van der Waals surface area (Å²) in [7, 11) is 0. The smallest absolute Gasteiger partial charge is 0.272 e. The van der Waals surface area contributed by atoms with E-state index in [0.29, 0.717) is 5.69 Å². The van der Waals surface area contributed by atoms with Crippen LogP contribution in [0.4, 0.5) is 0 Å². The normalized spacial score (nSPS) is 12.7. The number of hydrogen-bond donors (Lipinski definition) is 2. The monoisotopic (exact) mass is 366 g/mol. The number of hydrogen-bond acceptors (Lipinski definition) is 3. The topological polar surface area (TPSA) is 70.1 Å². The molecule has 4 aromatic rings. The summed E-state index contributed by atoms with van der Waals surface area (Å²) in [6.07, 6.45) is 3.37. The van der Waals surface area contributed by atoms with Gasteiger partial charge >= 0.3 is 0 Å². The Hall–Kier alpha value is -3.73. The lowest BCUT2D eigenvalue weighted by Crippen LogP contribution is -2.20. The Morgan fingerprint density at radius 2 is 1.82 bits per heavy atom. The van der Waals surface area contributed by atoms with Gasteiger partial charge in [0.2, 0.25) is 0 Å². The van der Waals surface area contributed by atoms with Crippen LogP contribution >= 0.6 is 0 Å². The zero-order valence-electron chi connectivity index (χ0n) is 15.1. The van der Waals surface area contributed by atoms with Crippen LogP contribution in [0.1, 0.15) is 27.2 Å². The van der Waals surface area contributed by atoms with Crippen LogP contribution in [0.3, 0.4) is 0 Å². The van der Waals surface area contributed by atoms with E-state index in [0.717, 1.165) is 46.0 Å². The molecule has 28 heavy (non-hydrogen) atoms. The highest BCUT2D eigenvalue weighted by Gasteiger charge is 2.24. The summed E-state index contributed by atoms with van der Waals surface area (Å²) in [6, 6.07) is 22.3. The van der Waals surface area contributed by atoms with Gasteiger partial charge in [-0.1, -0.05) is 66.7 Å². The summed E-state index contributed by atoms with van der Waals surface area (Å²) in [4.78, 5) is 12.6. The SMILES string of the molecule is O=C(N/N=C/c1cccc2ccccc12)c1[nH]nc2c1CCc1ccccc1-2. The average molecular weight is 366 g/mol. The molecule has 0 atom stereocenters. The predicted octanol–water partition coefficient (Wildman–Crippen LogP) is 4.09. The Morgan fingerprint density at radius 3 is 2.79 bits per heavy atom. The summed E-state index contributed by atoms with van der Waals surface area (Å²) in [5.41, 5.74) is 8.26. The minimum atomic E-state index is -0.274. The third kappa shape index (κ3) is 2.77. The Labute approximate surface area is 162 Å². The molecule has 5 rings (SSSR count). The van der Waals surface area contributed by atoms with Gasteiger partial charge in [0, 0.05) is 16.7 Å². The van der Waals surface area contributed by atoms with Gasteiger partial charge in [-0.15, -0.1) is 0 Å². The van der Waals surface area contributed by atoms with Crippen molar-refractivity contribution in [1.82, 2.24) is 15.6 Å². The van der Waals surface area contributed by atoms with E-state index in [1.54, 1.807) is 6.21 Å². The van der Waals surface area contributed by atoms with Gasteiger partial charge in [-0.2, -0.15) is 10.2 Å². The van der Waals surface area contributed by atoms with E-state index >= 15 is 0 Å². The van der Waals surface area contributed by atoms with Gasteiger partial charge in [0.25, 0.3) is 5.91 Å². The maximum Gasteiger partial charge on any atom is 0.289 e. The molecule has 0 unspecified atom stereocenters. The van der Waals surface area contributed by atoms with Crippen LogP contribution in [-0.2, 0) is 12.8 Å². The van der Waals surface area contributed by atoms with E-state index in [2.05, 4.69) is 45.0 Å². The average Bonchev–Trinajstić information content (AvgIpc) is 3.19. The first-order valence-corrected chi connectivity index (χ1v) is 9.28. The maximum absolute atomic E-state index is 12.6. The number of carbonyl (C=O) groups is 1. The van der Waals surface area contributed by atoms with Crippen molar-refractivity contribution < 1.29 is 4.79 Å². The van der Waals surface area contributed by atoms with E-state index in [9.17, 15) is 4.79 Å². The Balaban J connectivity index is 1.39. The summed E-state index contributed by atoms with van der Waals surface area (Å²) < 4.78 is 0. The number of nitrogens with zero attached hydrogens (tertiary/aromatic N) is 2. The molecule has 1 amide bonds. The van der Waals surface area contributed by atoms with E-state index in [4.69, 9.17) is 0 Å². The van der Waals surface area contributed by atoms with E-state index in [1.807, 2.05) is 42.5 Å². The molecule has 0 fully saturated rings. The van der Waals surface area contributed by atoms with Crippen LogP contribution in [0.25, 0.3) is 22.0 Å². The van der Waals surface area contributed by atoms with Crippen molar-refractivity contribution in [1.29, 1.82) is 0 Å². The van der Waals surface area contributed by atoms with Gasteiger partial charge < -0.3 is 0 Å². The first-order valence-electron chi connectivity index (χ1n) is 9.28. The molecule has 136 valence electrons. The second-order valence-corrected chi connectivity index (χ2v) is 6.85. The van der Waals surface area contributed by atoms with Gasteiger partial charge in [-0.05, 0) is 29.2 Å². The third-order valence-corrected chi connectivity index (χ3v) is 5.20. The van der Waals surface area contributed by atoms with Crippen molar-refractivity contribution in [2.75, 3.05) is 0 Å². The molecular weight excluding hydrogens is 348 g/mol. The predicted molar refractivity (Wildman–Crippen MR) is 110 cm³/mol. The van der Waals surface area contributed by atoms with Crippen molar-refractivity contribution >= 4 is 22.9 Å². The number of rotatable bonds is 3. The number of nitrogens with one attached hydrogen (secondary N) is 2. The van der Waals surface area contributed by atoms with Crippen molar-refractivity contribution in [3.8, 4) is 11.3 Å². The zero-order chi connectivity index (χ0) is 18.9. The fourth-order valence-electron chi connectivity index (χ4n) is 3.83. The van der Waals surface area contributed by atoms with Gasteiger partial charge in [0.15, 0.2) is 0 Å². The van der Waals surface area contributed by atoms with Gasteiger partial charge in [-0.25, -0.2) is 5.43 Å². The van der Waals surface area contributed by atoms with Gasteiger partial charge in [-0.3, -0.25) is 9.89 Å². The Kier molecular flexibility index (Phi) is 3.98. The summed E-state index contributed by atoms with van der Waals surface area (Å²) in [5, 5.41) is 13.7. The van der Waals surface area contributed by atoms with Crippen LogP contribution in [0.2, 0.25) is 0 Å².